The van der Waals surface area contributed by atoms with Crippen molar-refractivity contribution in [3.63, 3.8) is 0 Å². The lowest BCUT2D eigenvalue weighted by atomic mass is 10.0. The molecule has 2 aromatic rings. The molecule has 0 aliphatic heterocycles. The maximum Gasteiger partial charge on any atom is 0.198 e. The first kappa shape index (κ1) is 11.8. The topological polar surface area (TPSA) is 52.0 Å². The molecule has 0 saturated heterocycles. The van der Waals surface area contributed by atoms with E-state index in [1.54, 1.807) is 12.1 Å². The molecule has 0 atom stereocenters. The zero-order valence-electron chi connectivity index (χ0n) is 10.3. The van der Waals surface area contributed by atoms with E-state index in [1.165, 1.54) is 38.5 Å². The van der Waals surface area contributed by atoms with Gasteiger partial charge in [-0.15, -0.1) is 0 Å². The molecule has 0 bridgehead atoms. The molecule has 0 spiro atoms. The number of rotatable bonds is 1. The summed E-state index contributed by atoms with van der Waals surface area (Å²) in [5, 5.41) is 0.545. The summed E-state index contributed by atoms with van der Waals surface area (Å²) in [6.45, 7) is 0. The van der Waals surface area contributed by atoms with E-state index in [-0.39, 0.29) is 0 Å². The number of aromatic nitrogens is 1. The molecule has 1 saturated carbocycles. The Bertz CT molecular complexity index is 517. The Labute approximate surface area is 111 Å². The zero-order chi connectivity index (χ0) is 12.5. The van der Waals surface area contributed by atoms with Gasteiger partial charge in [0.1, 0.15) is 5.52 Å². The molecule has 1 fully saturated rings. The molecule has 1 aliphatic rings. The summed E-state index contributed by atoms with van der Waals surface area (Å²) < 4.78 is 5.85. The number of fused-ring (bicyclic) bond motifs is 1. The van der Waals surface area contributed by atoms with Gasteiger partial charge in [-0.1, -0.05) is 37.3 Å². The summed E-state index contributed by atoms with van der Waals surface area (Å²) >= 11 is 6.00. The van der Waals surface area contributed by atoms with Crippen LogP contribution in [0.4, 0.5) is 5.69 Å². The number of nitrogens with two attached hydrogens (primary N) is 1. The molecule has 1 aromatic carbocycles. The van der Waals surface area contributed by atoms with Crippen molar-refractivity contribution in [2.45, 2.75) is 44.4 Å². The quantitative estimate of drug-likeness (QED) is 0.609. The predicted octanol–water partition coefficient (Wildman–Crippen LogP) is 4.50. The lowest BCUT2D eigenvalue weighted by Crippen LogP contribution is -1.96. The van der Waals surface area contributed by atoms with Crippen LogP contribution >= 0.6 is 11.6 Å². The maximum atomic E-state index is 6.00. The van der Waals surface area contributed by atoms with E-state index in [0.717, 1.165) is 17.0 Å². The number of hydrogen-bond donors (Lipinski definition) is 1. The average molecular weight is 265 g/mol. The van der Waals surface area contributed by atoms with Gasteiger partial charge in [-0.05, 0) is 18.9 Å². The molecule has 3 rings (SSSR count). The molecule has 18 heavy (non-hydrogen) atoms. The van der Waals surface area contributed by atoms with Crippen LogP contribution in [0.5, 0.6) is 0 Å². The third kappa shape index (κ3) is 2.19. The van der Waals surface area contributed by atoms with Crippen molar-refractivity contribution < 1.29 is 4.42 Å². The fourth-order valence-corrected chi connectivity index (χ4v) is 2.84. The molecule has 0 radical (unpaired) electrons. The van der Waals surface area contributed by atoms with Crippen molar-refractivity contribution in [2.75, 3.05) is 5.73 Å². The molecule has 2 N–H and O–H groups in total. The SMILES string of the molecule is Nc1cc2oc(C3CCCCCC3)nc2cc1Cl. The highest BCUT2D eigenvalue weighted by atomic mass is 35.5. The standard InChI is InChI=1S/C14H17ClN2O/c15-10-7-12-13(8-11(10)16)18-14(17-12)9-5-3-1-2-4-6-9/h7-9H,1-6,16H2. The molecular formula is C14H17ClN2O. The molecule has 0 unspecified atom stereocenters. The number of hydrogen-bond acceptors (Lipinski definition) is 3. The largest absolute Gasteiger partial charge is 0.440 e. The molecule has 1 aliphatic carbocycles. The Kier molecular flexibility index (Phi) is 3.16. The normalized spacial score (nSPS) is 18.1. The first-order chi connectivity index (χ1) is 8.74. The molecule has 1 heterocycles. The van der Waals surface area contributed by atoms with Crippen LogP contribution in [-0.2, 0) is 0 Å². The van der Waals surface area contributed by atoms with Crippen molar-refractivity contribution in [2.24, 2.45) is 0 Å². The van der Waals surface area contributed by atoms with Crippen LogP contribution in [0.3, 0.4) is 0 Å². The Morgan fingerprint density at radius 3 is 2.61 bits per heavy atom. The second kappa shape index (κ2) is 4.81. The van der Waals surface area contributed by atoms with Gasteiger partial charge in [-0.25, -0.2) is 4.98 Å². The fraction of sp³-hybridized carbons (Fsp3) is 0.500. The minimum Gasteiger partial charge on any atom is -0.440 e. The van der Waals surface area contributed by atoms with Crippen molar-refractivity contribution >= 4 is 28.4 Å². The molecular weight excluding hydrogens is 248 g/mol. The van der Waals surface area contributed by atoms with E-state index in [2.05, 4.69) is 4.98 Å². The van der Waals surface area contributed by atoms with E-state index < -0.39 is 0 Å². The van der Waals surface area contributed by atoms with Crippen LogP contribution in [0, 0.1) is 0 Å². The minimum absolute atomic E-state index is 0.458. The molecule has 1 aromatic heterocycles. The van der Waals surface area contributed by atoms with Gasteiger partial charge in [0.2, 0.25) is 0 Å². The monoisotopic (exact) mass is 264 g/mol. The van der Waals surface area contributed by atoms with E-state index in [1.807, 2.05) is 0 Å². The van der Waals surface area contributed by atoms with Gasteiger partial charge in [-0.3, -0.25) is 0 Å². The van der Waals surface area contributed by atoms with Gasteiger partial charge in [-0.2, -0.15) is 0 Å². The van der Waals surface area contributed by atoms with Crippen LogP contribution in [0.2, 0.25) is 5.02 Å². The molecule has 3 nitrogen and oxygen atoms in total. The summed E-state index contributed by atoms with van der Waals surface area (Å²) in [4.78, 5) is 4.57. The average Bonchev–Trinajstić information content (AvgIpc) is 2.60. The minimum atomic E-state index is 0.458. The second-order valence-corrected chi connectivity index (χ2v) is 5.49. The Morgan fingerprint density at radius 1 is 1.17 bits per heavy atom. The maximum absolute atomic E-state index is 6.00. The number of nitrogens with zero attached hydrogens (tertiary/aromatic N) is 1. The highest BCUT2D eigenvalue weighted by Crippen LogP contribution is 2.34. The van der Waals surface area contributed by atoms with Crippen molar-refractivity contribution in [1.29, 1.82) is 0 Å². The first-order valence-corrected chi connectivity index (χ1v) is 6.97. The molecule has 0 amide bonds. The third-order valence-electron chi connectivity index (χ3n) is 3.73. The summed E-state index contributed by atoms with van der Waals surface area (Å²) in [6.07, 6.45) is 7.55. The smallest absolute Gasteiger partial charge is 0.198 e. The van der Waals surface area contributed by atoms with Crippen molar-refractivity contribution in [3.05, 3.63) is 23.0 Å². The number of benzene rings is 1. The van der Waals surface area contributed by atoms with Crippen molar-refractivity contribution in [3.8, 4) is 0 Å². The van der Waals surface area contributed by atoms with Gasteiger partial charge >= 0.3 is 0 Å². The third-order valence-corrected chi connectivity index (χ3v) is 4.06. The molecule has 96 valence electrons. The lowest BCUT2D eigenvalue weighted by molar-refractivity contribution is 0.438. The van der Waals surface area contributed by atoms with E-state index >= 15 is 0 Å². The zero-order valence-corrected chi connectivity index (χ0v) is 11.0. The summed E-state index contributed by atoms with van der Waals surface area (Å²) in [5.74, 6) is 1.31. The highest BCUT2D eigenvalue weighted by molar-refractivity contribution is 6.33. The van der Waals surface area contributed by atoms with Crippen LogP contribution in [0.25, 0.3) is 11.1 Å². The summed E-state index contributed by atoms with van der Waals surface area (Å²) in [6, 6.07) is 3.56. The second-order valence-electron chi connectivity index (χ2n) is 5.08. The first-order valence-electron chi connectivity index (χ1n) is 6.59. The van der Waals surface area contributed by atoms with Gasteiger partial charge in [0, 0.05) is 12.0 Å². The number of oxazole rings is 1. The summed E-state index contributed by atoms with van der Waals surface area (Å²) in [7, 11) is 0. The van der Waals surface area contributed by atoms with E-state index in [4.69, 9.17) is 21.8 Å². The Balaban J connectivity index is 1.96. The molecule has 4 heteroatoms. The Hall–Kier alpha value is -1.22. The van der Waals surface area contributed by atoms with Crippen LogP contribution in [-0.4, -0.2) is 4.98 Å². The van der Waals surface area contributed by atoms with E-state index in [0.29, 0.717) is 16.6 Å². The van der Waals surface area contributed by atoms with Gasteiger partial charge in [0.05, 0.1) is 10.7 Å². The van der Waals surface area contributed by atoms with Crippen LogP contribution < -0.4 is 5.73 Å². The van der Waals surface area contributed by atoms with Crippen LogP contribution in [0.1, 0.15) is 50.3 Å². The van der Waals surface area contributed by atoms with Crippen LogP contribution in [0.15, 0.2) is 16.5 Å². The number of halogens is 1. The summed E-state index contributed by atoms with van der Waals surface area (Å²) in [5.41, 5.74) is 7.89. The van der Waals surface area contributed by atoms with E-state index in [9.17, 15) is 0 Å². The predicted molar refractivity (Wildman–Crippen MR) is 73.9 cm³/mol. The van der Waals surface area contributed by atoms with Gasteiger partial charge < -0.3 is 10.2 Å². The fourth-order valence-electron chi connectivity index (χ4n) is 2.68. The Morgan fingerprint density at radius 2 is 1.89 bits per heavy atom. The van der Waals surface area contributed by atoms with Gasteiger partial charge in [0.15, 0.2) is 11.5 Å². The highest BCUT2D eigenvalue weighted by Gasteiger charge is 2.20. The lowest BCUT2D eigenvalue weighted by Gasteiger charge is -2.07. The van der Waals surface area contributed by atoms with Gasteiger partial charge in [0.25, 0.3) is 0 Å². The number of anilines is 1. The van der Waals surface area contributed by atoms with Crippen molar-refractivity contribution in [1.82, 2.24) is 4.98 Å². The number of nitrogen functional groups attached to an aromatic ring is 1.